The van der Waals surface area contributed by atoms with Crippen molar-refractivity contribution in [2.75, 3.05) is 13.2 Å². The zero-order valence-corrected chi connectivity index (χ0v) is 12.5. The van der Waals surface area contributed by atoms with Crippen molar-refractivity contribution in [3.63, 3.8) is 0 Å². The van der Waals surface area contributed by atoms with Gasteiger partial charge in [0.05, 0.1) is 11.3 Å². The standard InChI is InChI=1S/C16H19F3N2O/c1-10-6-13(16(17,18)19)12-8-11(21-14(12)7-10)9-15(20)2-4-22-5-3-15/h6-7H,2-5,8-9,20H2,1H3. The van der Waals surface area contributed by atoms with Gasteiger partial charge in [-0.25, -0.2) is 0 Å². The van der Waals surface area contributed by atoms with E-state index in [1.165, 1.54) is 6.07 Å². The molecule has 120 valence electrons. The van der Waals surface area contributed by atoms with Crippen LogP contribution in [0, 0.1) is 6.92 Å². The molecule has 2 aliphatic heterocycles. The highest BCUT2D eigenvalue weighted by atomic mass is 19.4. The summed E-state index contributed by atoms with van der Waals surface area (Å²) in [5, 5.41) is 0. The molecule has 1 aromatic carbocycles. The van der Waals surface area contributed by atoms with Crippen LogP contribution in [0.15, 0.2) is 17.1 Å². The monoisotopic (exact) mass is 312 g/mol. The molecule has 0 bridgehead atoms. The van der Waals surface area contributed by atoms with Gasteiger partial charge in [-0.15, -0.1) is 0 Å². The predicted molar refractivity (Wildman–Crippen MR) is 78.6 cm³/mol. The molecule has 3 nitrogen and oxygen atoms in total. The van der Waals surface area contributed by atoms with E-state index in [4.69, 9.17) is 10.5 Å². The van der Waals surface area contributed by atoms with E-state index in [9.17, 15) is 13.2 Å². The van der Waals surface area contributed by atoms with E-state index in [2.05, 4.69) is 4.99 Å². The fraction of sp³-hybridized carbons (Fsp3) is 0.562. The Morgan fingerprint density at radius 2 is 1.95 bits per heavy atom. The van der Waals surface area contributed by atoms with E-state index >= 15 is 0 Å². The Morgan fingerprint density at radius 3 is 2.59 bits per heavy atom. The van der Waals surface area contributed by atoms with Crippen molar-refractivity contribution in [3.8, 4) is 0 Å². The van der Waals surface area contributed by atoms with Gasteiger partial charge in [-0.05, 0) is 43.0 Å². The fourth-order valence-electron chi connectivity index (χ4n) is 3.21. The van der Waals surface area contributed by atoms with Crippen molar-refractivity contribution in [1.29, 1.82) is 0 Å². The van der Waals surface area contributed by atoms with Crippen molar-refractivity contribution in [1.82, 2.24) is 0 Å². The molecular formula is C16H19F3N2O. The fourth-order valence-corrected chi connectivity index (χ4v) is 3.21. The third-order valence-corrected chi connectivity index (χ3v) is 4.38. The van der Waals surface area contributed by atoms with E-state index in [-0.39, 0.29) is 12.0 Å². The molecule has 6 heteroatoms. The highest BCUT2D eigenvalue weighted by Gasteiger charge is 2.38. The maximum Gasteiger partial charge on any atom is 0.416 e. The zero-order valence-electron chi connectivity index (χ0n) is 12.5. The Bertz CT molecular complexity index is 617. The molecule has 0 amide bonds. The number of alkyl halides is 3. The lowest BCUT2D eigenvalue weighted by molar-refractivity contribution is -0.138. The Labute approximate surface area is 127 Å². The van der Waals surface area contributed by atoms with Crippen LogP contribution in [0.5, 0.6) is 0 Å². The van der Waals surface area contributed by atoms with Crippen molar-refractivity contribution < 1.29 is 17.9 Å². The maximum absolute atomic E-state index is 13.2. The highest BCUT2D eigenvalue weighted by molar-refractivity contribution is 5.95. The number of benzene rings is 1. The largest absolute Gasteiger partial charge is 0.416 e. The summed E-state index contributed by atoms with van der Waals surface area (Å²) in [5.41, 5.74) is 7.41. The number of fused-ring (bicyclic) bond motifs is 1. The molecule has 0 aromatic heterocycles. The van der Waals surface area contributed by atoms with Gasteiger partial charge < -0.3 is 10.5 Å². The summed E-state index contributed by atoms with van der Waals surface area (Å²) in [4.78, 5) is 4.42. The molecule has 2 heterocycles. The van der Waals surface area contributed by atoms with Gasteiger partial charge in [-0.1, -0.05) is 0 Å². The first-order valence-electron chi connectivity index (χ1n) is 7.41. The molecule has 0 unspecified atom stereocenters. The number of nitrogens with zero attached hydrogens (tertiary/aromatic N) is 1. The summed E-state index contributed by atoms with van der Waals surface area (Å²) in [6.07, 6.45) is -2.15. The number of aryl methyl sites for hydroxylation is 1. The van der Waals surface area contributed by atoms with Gasteiger partial charge in [0, 0.05) is 37.3 Å². The van der Waals surface area contributed by atoms with Crippen LogP contribution in [0.2, 0.25) is 0 Å². The second kappa shape index (κ2) is 5.35. The van der Waals surface area contributed by atoms with Crippen molar-refractivity contribution in [3.05, 3.63) is 28.8 Å². The zero-order chi connectivity index (χ0) is 16.0. The molecule has 3 rings (SSSR count). The lowest BCUT2D eigenvalue weighted by Gasteiger charge is -2.33. The van der Waals surface area contributed by atoms with Crippen LogP contribution in [-0.4, -0.2) is 24.5 Å². The molecule has 0 radical (unpaired) electrons. The Balaban J connectivity index is 1.86. The van der Waals surface area contributed by atoms with E-state index in [0.717, 1.165) is 5.71 Å². The van der Waals surface area contributed by atoms with Gasteiger partial charge in [0.15, 0.2) is 0 Å². The lowest BCUT2D eigenvalue weighted by Crippen LogP contribution is -2.46. The van der Waals surface area contributed by atoms with Crippen LogP contribution in [0.4, 0.5) is 18.9 Å². The summed E-state index contributed by atoms with van der Waals surface area (Å²) in [7, 11) is 0. The first-order valence-corrected chi connectivity index (χ1v) is 7.41. The molecule has 1 fully saturated rings. The molecule has 0 saturated carbocycles. The summed E-state index contributed by atoms with van der Waals surface area (Å²) < 4.78 is 44.9. The second-order valence-corrected chi connectivity index (χ2v) is 6.31. The van der Waals surface area contributed by atoms with Crippen LogP contribution in [-0.2, 0) is 17.3 Å². The van der Waals surface area contributed by atoms with E-state index < -0.39 is 17.3 Å². The number of rotatable bonds is 2. The van der Waals surface area contributed by atoms with Gasteiger partial charge in [-0.2, -0.15) is 13.2 Å². The molecule has 2 aliphatic rings. The normalized spacial score (nSPS) is 20.7. The predicted octanol–water partition coefficient (Wildman–Crippen LogP) is 3.54. The number of ether oxygens (including phenoxy) is 1. The molecule has 22 heavy (non-hydrogen) atoms. The van der Waals surface area contributed by atoms with E-state index in [1.54, 1.807) is 13.0 Å². The van der Waals surface area contributed by atoms with Crippen molar-refractivity contribution in [2.24, 2.45) is 10.7 Å². The average Bonchev–Trinajstić information content (AvgIpc) is 2.78. The Hall–Kier alpha value is -1.40. The van der Waals surface area contributed by atoms with E-state index in [1.807, 2.05) is 0 Å². The number of hydrogen-bond acceptors (Lipinski definition) is 3. The SMILES string of the molecule is Cc1cc2c(c(C(F)(F)F)c1)CC(CC1(N)CCOCC1)=N2. The van der Waals surface area contributed by atoms with Gasteiger partial charge in [-0.3, -0.25) is 4.99 Å². The summed E-state index contributed by atoms with van der Waals surface area (Å²) in [6.45, 7) is 2.86. The highest BCUT2D eigenvalue weighted by Crippen LogP contribution is 2.41. The van der Waals surface area contributed by atoms with Crippen molar-refractivity contribution >= 4 is 11.4 Å². The Morgan fingerprint density at radius 1 is 1.27 bits per heavy atom. The Kier molecular flexibility index (Phi) is 3.77. The minimum Gasteiger partial charge on any atom is -0.381 e. The third kappa shape index (κ3) is 3.03. The molecule has 1 saturated heterocycles. The molecule has 2 N–H and O–H groups in total. The molecular weight excluding hydrogens is 293 g/mol. The number of halogens is 3. The third-order valence-electron chi connectivity index (χ3n) is 4.38. The number of aliphatic imine (C=N–C) groups is 1. The van der Waals surface area contributed by atoms with Crippen molar-refractivity contribution in [2.45, 2.75) is 44.3 Å². The molecule has 0 atom stereocenters. The maximum atomic E-state index is 13.2. The summed E-state index contributed by atoms with van der Waals surface area (Å²) in [6, 6.07) is 2.91. The van der Waals surface area contributed by atoms with Gasteiger partial charge in [0.1, 0.15) is 0 Å². The second-order valence-electron chi connectivity index (χ2n) is 6.31. The number of nitrogens with two attached hydrogens (primary N) is 1. The lowest BCUT2D eigenvalue weighted by atomic mass is 9.84. The van der Waals surface area contributed by atoms with Gasteiger partial charge in [0.2, 0.25) is 0 Å². The minimum atomic E-state index is -4.35. The van der Waals surface area contributed by atoms with Gasteiger partial charge >= 0.3 is 6.18 Å². The average molecular weight is 312 g/mol. The smallest absolute Gasteiger partial charge is 0.381 e. The van der Waals surface area contributed by atoms with Crippen LogP contribution in [0.1, 0.15) is 36.0 Å². The molecule has 1 aromatic rings. The quantitative estimate of drug-likeness (QED) is 0.908. The minimum absolute atomic E-state index is 0.240. The van der Waals surface area contributed by atoms with Crippen LogP contribution < -0.4 is 5.73 Å². The molecule has 0 spiro atoms. The van der Waals surface area contributed by atoms with Crippen LogP contribution in [0.3, 0.4) is 0 Å². The number of hydrogen-bond donors (Lipinski definition) is 1. The summed E-state index contributed by atoms with van der Waals surface area (Å²) >= 11 is 0. The summed E-state index contributed by atoms with van der Waals surface area (Å²) in [5.74, 6) is 0. The van der Waals surface area contributed by atoms with Crippen LogP contribution in [0.25, 0.3) is 0 Å². The first-order chi connectivity index (χ1) is 10.3. The van der Waals surface area contributed by atoms with Gasteiger partial charge in [0.25, 0.3) is 0 Å². The molecule has 0 aliphatic carbocycles. The van der Waals surface area contributed by atoms with E-state index in [0.29, 0.717) is 43.7 Å². The van der Waals surface area contributed by atoms with Crippen LogP contribution >= 0.6 is 0 Å². The topological polar surface area (TPSA) is 47.6 Å². The first kappa shape index (κ1) is 15.5.